The minimum atomic E-state index is 0. The molecule has 0 atom stereocenters. The van der Waals surface area contributed by atoms with Crippen molar-refractivity contribution in [1.82, 2.24) is 9.97 Å². The van der Waals surface area contributed by atoms with Gasteiger partial charge in [0.05, 0.1) is 0 Å². The Bertz CT molecular complexity index is 623. The first kappa shape index (κ1) is 11.9. The zero-order chi connectivity index (χ0) is 10.8. The number of rotatable bonds is 1. The number of hydrogen-bond acceptors (Lipinski definition) is 2. The maximum absolute atomic E-state index is 4.26. The molecule has 0 fully saturated rings. The van der Waals surface area contributed by atoms with Gasteiger partial charge in [-0.3, -0.25) is 4.98 Å². The second kappa shape index (κ2) is 5.17. The molecule has 1 radical (unpaired) electrons. The van der Waals surface area contributed by atoms with Gasteiger partial charge >= 0.3 is 0 Å². The Kier molecular flexibility index (Phi) is 3.62. The van der Waals surface area contributed by atoms with Gasteiger partial charge in [0.15, 0.2) is 0 Å². The summed E-state index contributed by atoms with van der Waals surface area (Å²) < 4.78 is 0. The maximum Gasteiger partial charge on any atom is 0.0432 e. The molecular formula is C14H9IrN2-. The fourth-order valence-electron chi connectivity index (χ4n) is 1.71. The predicted octanol–water partition coefficient (Wildman–Crippen LogP) is 3.09. The van der Waals surface area contributed by atoms with E-state index in [2.05, 4.69) is 34.2 Å². The molecule has 0 aliphatic carbocycles. The van der Waals surface area contributed by atoms with Crippen molar-refractivity contribution >= 4 is 10.8 Å². The van der Waals surface area contributed by atoms with Crippen LogP contribution in [-0.4, -0.2) is 9.97 Å². The molecule has 85 valence electrons. The van der Waals surface area contributed by atoms with Crippen LogP contribution in [0.3, 0.4) is 0 Å². The third-order valence-corrected chi connectivity index (χ3v) is 2.52. The Morgan fingerprint density at radius 3 is 2.59 bits per heavy atom. The van der Waals surface area contributed by atoms with Gasteiger partial charge in [0, 0.05) is 44.4 Å². The Hall–Kier alpha value is -1.57. The number of nitrogens with zero attached hydrogens (tertiary/aromatic N) is 2. The largest absolute Gasteiger partial charge is 0.302 e. The van der Waals surface area contributed by atoms with Crippen molar-refractivity contribution in [1.29, 1.82) is 0 Å². The number of fused-ring (bicyclic) bond motifs is 1. The average molecular weight is 397 g/mol. The van der Waals surface area contributed by atoms with Gasteiger partial charge in [-0.1, -0.05) is 29.7 Å². The topological polar surface area (TPSA) is 25.8 Å². The Morgan fingerprint density at radius 1 is 1.00 bits per heavy atom. The van der Waals surface area contributed by atoms with Crippen LogP contribution in [-0.2, 0) is 20.1 Å². The minimum absolute atomic E-state index is 0. The van der Waals surface area contributed by atoms with Crippen molar-refractivity contribution in [3.05, 3.63) is 61.1 Å². The van der Waals surface area contributed by atoms with Gasteiger partial charge < -0.3 is 4.98 Å². The molecule has 0 aliphatic rings. The SMILES string of the molecule is [Ir].[c-]1cc2ccccc2cc1-c1cnccn1. The molecule has 1 aromatic heterocycles. The molecule has 1 heterocycles. The Balaban J connectivity index is 0.00000108. The molecule has 2 nitrogen and oxygen atoms in total. The standard InChI is InChI=1S/C14H9N2.Ir/c1-2-4-12-9-13(6-5-11(12)3-1)14-10-15-7-8-16-14;/h1-5,7-10H;/q-1;. The first-order valence-corrected chi connectivity index (χ1v) is 5.10. The average Bonchev–Trinajstić information content (AvgIpc) is 2.39. The smallest absolute Gasteiger partial charge is 0.0432 e. The molecule has 3 rings (SSSR count). The molecule has 0 saturated carbocycles. The van der Waals surface area contributed by atoms with Crippen molar-refractivity contribution in [2.24, 2.45) is 0 Å². The summed E-state index contributed by atoms with van der Waals surface area (Å²) in [6.07, 6.45) is 5.11. The van der Waals surface area contributed by atoms with Crippen LogP contribution in [0, 0.1) is 6.07 Å². The molecular weight excluding hydrogens is 388 g/mol. The van der Waals surface area contributed by atoms with Crippen LogP contribution >= 0.6 is 0 Å². The molecule has 0 bridgehead atoms. The number of benzene rings is 2. The minimum Gasteiger partial charge on any atom is -0.302 e. The molecule has 3 aromatic rings. The predicted molar refractivity (Wildman–Crippen MR) is 63.8 cm³/mol. The third-order valence-electron chi connectivity index (χ3n) is 2.52. The third kappa shape index (κ3) is 2.41. The number of hydrogen-bond donors (Lipinski definition) is 0. The molecule has 2 aromatic carbocycles. The molecule has 0 N–H and O–H groups in total. The van der Waals surface area contributed by atoms with Crippen molar-refractivity contribution < 1.29 is 20.1 Å². The van der Waals surface area contributed by atoms with Crippen LogP contribution < -0.4 is 0 Å². The van der Waals surface area contributed by atoms with E-state index in [1.807, 2.05) is 18.2 Å². The van der Waals surface area contributed by atoms with Gasteiger partial charge in [-0.2, -0.15) is 0 Å². The summed E-state index contributed by atoms with van der Waals surface area (Å²) in [7, 11) is 0. The van der Waals surface area contributed by atoms with Gasteiger partial charge in [0.2, 0.25) is 0 Å². The molecule has 0 amide bonds. The van der Waals surface area contributed by atoms with Crippen molar-refractivity contribution in [3.63, 3.8) is 0 Å². The monoisotopic (exact) mass is 398 g/mol. The molecule has 0 unspecified atom stereocenters. The molecule has 0 aliphatic heterocycles. The fourth-order valence-corrected chi connectivity index (χ4v) is 1.71. The van der Waals surface area contributed by atoms with Crippen molar-refractivity contribution in [2.75, 3.05) is 0 Å². The van der Waals surface area contributed by atoms with E-state index < -0.39 is 0 Å². The first-order valence-electron chi connectivity index (χ1n) is 5.10. The summed E-state index contributed by atoms with van der Waals surface area (Å²) in [5.74, 6) is 0. The van der Waals surface area contributed by atoms with E-state index in [1.54, 1.807) is 18.6 Å². The van der Waals surface area contributed by atoms with E-state index in [0.717, 1.165) is 11.3 Å². The van der Waals surface area contributed by atoms with E-state index in [-0.39, 0.29) is 20.1 Å². The van der Waals surface area contributed by atoms with Crippen LogP contribution in [0.25, 0.3) is 22.0 Å². The van der Waals surface area contributed by atoms with Crippen LogP contribution in [0.15, 0.2) is 55.0 Å². The Morgan fingerprint density at radius 2 is 1.82 bits per heavy atom. The van der Waals surface area contributed by atoms with Crippen LogP contribution in [0.5, 0.6) is 0 Å². The van der Waals surface area contributed by atoms with Gasteiger partial charge in [0.25, 0.3) is 0 Å². The molecule has 0 saturated heterocycles. The van der Waals surface area contributed by atoms with E-state index in [9.17, 15) is 0 Å². The van der Waals surface area contributed by atoms with Crippen LogP contribution in [0.1, 0.15) is 0 Å². The zero-order valence-corrected chi connectivity index (χ0v) is 11.3. The van der Waals surface area contributed by atoms with E-state index >= 15 is 0 Å². The van der Waals surface area contributed by atoms with Gasteiger partial charge in [-0.15, -0.1) is 29.1 Å². The van der Waals surface area contributed by atoms with Gasteiger partial charge in [-0.05, 0) is 0 Å². The second-order valence-electron chi connectivity index (χ2n) is 3.57. The fraction of sp³-hybridized carbons (Fsp3) is 0. The maximum atomic E-state index is 4.26. The van der Waals surface area contributed by atoms with Crippen molar-refractivity contribution in [3.8, 4) is 11.3 Å². The summed E-state index contributed by atoms with van der Waals surface area (Å²) in [4.78, 5) is 8.32. The molecule has 0 spiro atoms. The molecule has 3 heteroatoms. The summed E-state index contributed by atoms with van der Waals surface area (Å²) in [5, 5.41) is 2.39. The summed E-state index contributed by atoms with van der Waals surface area (Å²) in [6.45, 7) is 0. The van der Waals surface area contributed by atoms with Crippen LogP contribution in [0.4, 0.5) is 0 Å². The van der Waals surface area contributed by atoms with Crippen LogP contribution in [0.2, 0.25) is 0 Å². The quantitative estimate of drug-likeness (QED) is 0.590. The van der Waals surface area contributed by atoms with Gasteiger partial charge in [-0.25, -0.2) is 0 Å². The van der Waals surface area contributed by atoms with E-state index in [0.29, 0.717) is 0 Å². The van der Waals surface area contributed by atoms with E-state index in [4.69, 9.17) is 0 Å². The van der Waals surface area contributed by atoms with E-state index in [1.165, 1.54) is 10.8 Å². The second-order valence-corrected chi connectivity index (χ2v) is 3.57. The zero-order valence-electron chi connectivity index (χ0n) is 8.92. The number of aromatic nitrogens is 2. The Labute approximate surface area is 113 Å². The normalized spacial score (nSPS) is 9.88. The summed E-state index contributed by atoms with van der Waals surface area (Å²) >= 11 is 0. The molecule has 17 heavy (non-hydrogen) atoms. The summed E-state index contributed by atoms with van der Waals surface area (Å²) in [6, 6.07) is 15.5. The summed E-state index contributed by atoms with van der Waals surface area (Å²) in [5.41, 5.74) is 1.83. The first-order chi connectivity index (χ1) is 7.93. The van der Waals surface area contributed by atoms with Gasteiger partial charge in [0.1, 0.15) is 0 Å². The van der Waals surface area contributed by atoms with Crippen molar-refractivity contribution in [2.45, 2.75) is 0 Å².